The van der Waals surface area contributed by atoms with Crippen molar-refractivity contribution in [2.24, 2.45) is 0 Å². The number of hydrogen-bond donors (Lipinski definition) is 3. The highest BCUT2D eigenvalue weighted by molar-refractivity contribution is 5.94. The van der Waals surface area contributed by atoms with Gasteiger partial charge in [0.05, 0.1) is 6.04 Å². The van der Waals surface area contributed by atoms with Gasteiger partial charge in [0.2, 0.25) is 5.91 Å². The summed E-state index contributed by atoms with van der Waals surface area (Å²) in [6, 6.07) is 8.13. The molecule has 4 nitrogen and oxygen atoms in total. The van der Waals surface area contributed by atoms with E-state index in [2.05, 4.69) is 10.6 Å². The van der Waals surface area contributed by atoms with Crippen LogP contribution in [0.4, 0.5) is 14.5 Å². The number of halogens is 2. The summed E-state index contributed by atoms with van der Waals surface area (Å²) in [6.07, 6.45) is -4.58. The minimum absolute atomic E-state index is 0.332. The third kappa shape index (κ3) is 4.77. The first-order valence-corrected chi connectivity index (χ1v) is 5.56. The second-order valence-electron chi connectivity index (χ2n) is 3.89. The maximum absolute atomic E-state index is 12.0. The Labute approximate surface area is 104 Å². The molecule has 1 rings (SSSR count). The first-order valence-electron chi connectivity index (χ1n) is 5.56. The van der Waals surface area contributed by atoms with Crippen molar-refractivity contribution >= 4 is 11.6 Å². The third-order valence-electron chi connectivity index (χ3n) is 2.36. The monoisotopic (exact) mass is 258 g/mol. The van der Waals surface area contributed by atoms with Crippen LogP contribution in [0.25, 0.3) is 0 Å². The highest BCUT2D eigenvalue weighted by Crippen LogP contribution is 2.05. The molecule has 0 aliphatic heterocycles. The molecular formula is C12H16F2N2O2. The van der Waals surface area contributed by atoms with Gasteiger partial charge in [0.1, 0.15) is 6.10 Å². The number of rotatable bonds is 6. The van der Waals surface area contributed by atoms with E-state index >= 15 is 0 Å². The van der Waals surface area contributed by atoms with Crippen LogP contribution in [0.3, 0.4) is 0 Å². The molecule has 0 aromatic heterocycles. The molecular weight excluding hydrogens is 242 g/mol. The average molecular weight is 258 g/mol. The van der Waals surface area contributed by atoms with Gasteiger partial charge >= 0.3 is 0 Å². The second kappa shape index (κ2) is 7.03. The molecule has 0 spiro atoms. The summed E-state index contributed by atoms with van der Waals surface area (Å²) in [7, 11) is 0. The minimum Gasteiger partial charge on any atom is -0.386 e. The molecule has 0 radical (unpaired) electrons. The highest BCUT2D eigenvalue weighted by Gasteiger charge is 2.19. The summed E-state index contributed by atoms with van der Waals surface area (Å²) in [5.74, 6) is -0.345. The van der Waals surface area contributed by atoms with Gasteiger partial charge in [0.25, 0.3) is 6.43 Å². The molecule has 6 heteroatoms. The lowest BCUT2D eigenvalue weighted by Gasteiger charge is -2.16. The molecule has 0 saturated heterocycles. The molecule has 0 aliphatic carbocycles. The van der Waals surface area contributed by atoms with Gasteiger partial charge in [0, 0.05) is 12.2 Å². The van der Waals surface area contributed by atoms with E-state index in [1.807, 2.05) is 6.07 Å². The van der Waals surface area contributed by atoms with E-state index in [9.17, 15) is 13.6 Å². The lowest BCUT2D eigenvalue weighted by atomic mass is 10.2. The molecule has 1 aromatic rings. The Morgan fingerprint density at radius 2 is 1.94 bits per heavy atom. The maximum atomic E-state index is 12.0. The number of aliphatic hydroxyl groups is 1. The lowest BCUT2D eigenvalue weighted by molar-refractivity contribution is -0.118. The first-order chi connectivity index (χ1) is 8.50. The van der Waals surface area contributed by atoms with Crippen LogP contribution < -0.4 is 10.6 Å². The molecule has 0 saturated carbocycles. The van der Waals surface area contributed by atoms with Crippen molar-refractivity contribution in [2.45, 2.75) is 25.5 Å². The Bertz CT molecular complexity index is 374. The van der Waals surface area contributed by atoms with Crippen molar-refractivity contribution in [1.82, 2.24) is 5.32 Å². The molecule has 2 unspecified atom stereocenters. The molecule has 0 fully saturated rings. The van der Waals surface area contributed by atoms with Crippen molar-refractivity contribution in [3.63, 3.8) is 0 Å². The molecule has 18 heavy (non-hydrogen) atoms. The predicted molar refractivity (Wildman–Crippen MR) is 64.5 cm³/mol. The van der Waals surface area contributed by atoms with Crippen LogP contribution in [-0.2, 0) is 4.79 Å². The van der Waals surface area contributed by atoms with Gasteiger partial charge < -0.3 is 15.7 Å². The SMILES string of the molecule is CC(NCC(O)C(F)F)C(=O)Nc1ccccc1. The number of para-hydroxylation sites is 1. The van der Waals surface area contributed by atoms with Gasteiger partial charge in [-0.15, -0.1) is 0 Å². The predicted octanol–water partition coefficient (Wildman–Crippen LogP) is 1.23. The van der Waals surface area contributed by atoms with E-state index in [4.69, 9.17) is 5.11 Å². The van der Waals surface area contributed by atoms with E-state index in [0.29, 0.717) is 5.69 Å². The first kappa shape index (κ1) is 14.5. The van der Waals surface area contributed by atoms with E-state index < -0.39 is 18.6 Å². The highest BCUT2D eigenvalue weighted by atomic mass is 19.3. The fourth-order valence-electron chi connectivity index (χ4n) is 1.25. The lowest BCUT2D eigenvalue weighted by Crippen LogP contribution is -2.43. The van der Waals surface area contributed by atoms with Crippen LogP contribution >= 0.6 is 0 Å². The molecule has 3 N–H and O–H groups in total. The number of anilines is 1. The summed E-state index contributed by atoms with van der Waals surface area (Å²) in [5.41, 5.74) is 0.630. The quantitative estimate of drug-likeness (QED) is 0.719. The van der Waals surface area contributed by atoms with Crippen molar-refractivity contribution in [3.05, 3.63) is 30.3 Å². The van der Waals surface area contributed by atoms with Gasteiger partial charge in [-0.05, 0) is 19.1 Å². The van der Waals surface area contributed by atoms with Gasteiger partial charge in [-0.3, -0.25) is 4.79 Å². The normalized spacial score (nSPS) is 14.3. The standard InChI is InChI=1S/C12H16F2N2O2/c1-8(15-7-10(17)11(13)14)12(18)16-9-5-3-2-4-6-9/h2-6,8,10-11,15,17H,7H2,1H3,(H,16,18). The van der Waals surface area contributed by atoms with Crippen molar-refractivity contribution in [2.75, 3.05) is 11.9 Å². The Morgan fingerprint density at radius 3 is 2.50 bits per heavy atom. The number of alkyl halides is 2. The fraction of sp³-hybridized carbons (Fsp3) is 0.417. The van der Waals surface area contributed by atoms with Crippen LogP contribution in [0.15, 0.2) is 30.3 Å². The zero-order chi connectivity index (χ0) is 13.5. The van der Waals surface area contributed by atoms with Crippen LogP contribution in [0.2, 0.25) is 0 Å². The smallest absolute Gasteiger partial charge is 0.265 e. The van der Waals surface area contributed by atoms with Gasteiger partial charge in [-0.25, -0.2) is 8.78 Å². The van der Waals surface area contributed by atoms with E-state index in [-0.39, 0.29) is 12.5 Å². The van der Waals surface area contributed by atoms with Crippen molar-refractivity contribution < 1.29 is 18.7 Å². The Morgan fingerprint density at radius 1 is 1.33 bits per heavy atom. The van der Waals surface area contributed by atoms with Gasteiger partial charge in [-0.2, -0.15) is 0 Å². The summed E-state index contributed by atoms with van der Waals surface area (Å²) in [6.45, 7) is 1.21. The van der Waals surface area contributed by atoms with Gasteiger partial charge in [-0.1, -0.05) is 18.2 Å². The third-order valence-corrected chi connectivity index (χ3v) is 2.36. The number of amides is 1. The average Bonchev–Trinajstić information content (AvgIpc) is 2.36. The zero-order valence-corrected chi connectivity index (χ0v) is 9.94. The minimum atomic E-state index is -2.82. The topological polar surface area (TPSA) is 61.4 Å². The van der Waals surface area contributed by atoms with Crippen LogP contribution in [0, 0.1) is 0 Å². The van der Waals surface area contributed by atoms with E-state index in [0.717, 1.165) is 0 Å². The molecule has 0 bridgehead atoms. The molecule has 1 amide bonds. The summed E-state index contributed by atoms with van der Waals surface area (Å²) in [5, 5.41) is 14.1. The van der Waals surface area contributed by atoms with Crippen molar-refractivity contribution in [1.29, 1.82) is 0 Å². The second-order valence-corrected chi connectivity index (χ2v) is 3.89. The molecule has 1 aromatic carbocycles. The van der Waals surface area contributed by atoms with E-state index in [1.165, 1.54) is 6.92 Å². The molecule has 0 aliphatic rings. The van der Waals surface area contributed by atoms with Gasteiger partial charge in [0.15, 0.2) is 0 Å². The van der Waals surface area contributed by atoms with E-state index in [1.54, 1.807) is 24.3 Å². The fourth-order valence-corrected chi connectivity index (χ4v) is 1.25. The number of carbonyl (C=O) groups is 1. The largest absolute Gasteiger partial charge is 0.386 e. The number of benzene rings is 1. The maximum Gasteiger partial charge on any atom is 0.265 e. The summed E-state index contributed by atoms with van der Waals surface area (Å²) >= 11 is 0. The Kier molecular flexibility index (Phi) is 5.67. The number of carbonyl (C=O) groups excluding carboxylic acids is 1. The number of aliphatic hydroxyl groups excluding tert-OH is 1. The summed E-state index contributed by atoms with van der Waals surface area (Å²) < 4.78 is 24.1. The Hall–Kier alpha value is -1.53. The molecule has 2 atom stereocenters. The molecule has 100 valence electrons. The number of hydrogen-bond acceptors (Lipinski definition) is 3. The molecule has 0 heterocycles. The van der Waals surface area contributed by atoms with Crippen LogP contribution in [-0.4, -0.2) is 36.1 Å². The Balaban J connectivity index is 2.38. The zero-order valence-electron chi connectivity index (χ0n) is 9.94. The summed E-state index contributed by atoms with van der Waals surface area (Å²) in [4.78, 5) is 11.7. The van der Waals surface area contributed by atoms with Crippen molar-refractivity contribution in [3.8, 4) is 0 Å². The number of nitrogens with one attached hydrogen (secondary N) is 2. The van der Waals surface area contributed by atoms with Crippen LogP contribution in [0.1, 0.15) is 6.92 Å². The van der Waals surface area contributed by atoms with Crippen LogP contribution in [0.5, 0.6) is 0 Å².